The topological polar surface area (TPSA) is 223 Å². The van der Waals surface area contributed by atoms with Gasteiger partial charge in [-0.2, -0.15) is 0 Å². The number of hydrogen-bond donors (Lipinski definition) is 5. The van der Waals surface area contributed by atoms with E-state index < -0.39 is 71.6 Å². The molecule has 2 aromatic rings. The molecule has 2 bridgehead atoms. The minimum atomic E-state index is -3.46. The Morgan fingerprint density at radius 1 is 0.946 bits per heavy atom. The molecule has 56 heavy (non-hydrogen) atoms. The molecule has 0 spiro atoms. The third-order valence-corrected chi connectivity index (χ3v) is 10.2. The number of aliphatic hydroxyl groups excluding tert-OH is 1. The molecular weight excluding hydrogens is 728 g/mol. The van der Waals surface area contributed by atoms with Crippen LogP contribution in [0.4, 0.5) is 0 Å². The SMILES string of the molecule is C=C(CCC12OC(C(=O)OCc3ccccc3)C(O)(C(=O)O)C(C(=O)O)(C[C@H]1O)O2)C(OC(C)=O)C(C)Cc1ccccc1.CC[C@H](C)CC(C)/C=C/C(=O)O. The zero-order valence-corrected chi connectivity index (χ0v) is 32.5. The summed E-state index contributed by atoms with van der Waals surface area (Å²) in [5.41, 5.74) is -4.52. The van der Waals surface area contributed by atoms with Gasteiger partial charge in [0.25, 0.3) is 0 Å². The highest BCUT2D eigenvalue weighted by Gasteiger charge is 2.80. The van der Waals surface area contributed by atoms with Crippen LogP contribution in [-0.4, -0.2) is 90.7 Å². The van der Waals surface area contributed by atoms with Gasteiger partial charge >= 0.3 is 29.8 Å². The van der Waals surface area contributed by atoms with Crippen molar-refractivity contribution in [2.45, 2.75) is 115 Å². The summed E-state index contributed by atoms with van der Waals surface area (Å²) in [5, 5.41) is 51.1. The number of aliphatic hydroxyl groups is 2. The van der Waals surface area contributed by atoms with E-state index in [1.165, 1.54) is 13.0 Å². The Bertz CT molecular complexity index is 1710. The highest BCUT2D eigenvalue weighted by Crippen LogP contribution is 2.55. The summed E-state index contributed by atoms with van der Waals surface area (Å²) in [4.78, 5) is 60.4. The number of rotatable bonds is 18. The molecule has 0 amide bonds. The first kappa shape index (κ1) is 45.5. The molecule has 2 fully saturated rings. The molecule has 2 aromatic carbocycles. The number of benzene rings is 2. The Morgan fingerprint density at radius 3 is 2.05 bits per heavy atom. The second-order valence-corrected chi connectivity index (χ2v) is 14.7. The molecule has 14 heteroatoms. The van der Waals surface area contributed by atoms with Crippen molar-refractivity contribution >= 4 is 29.8 Å². The predicted molar refractivity (Wildman–Crippen MR) is 202 cm³/mol. The van der Waals surface area contributed by atoms with Crippen LogP contribution in [0.5, 0.6) is 0 Å². The average molecular weight is 783 g/mol. The Hall–Kier alpha value is -4.89. The molecule has 0 aromatic heterocycles. The van der Waals surface area contributed by atoms with E-state index in [4.69, 9.17) is 24.1 Å². The van der Waals surface area contributed by atoms with E-state index in [0.29, 0.717) is 29.4 Å². The standard InChI is InChI=1S/C32H36O12.C10H18O2/c1-19(25(42-21(3)33)20(2)16-22-10-6-4-7-11-22)14-15-31-24(34)17-30(44-31,28(36)37)32(40,29(38)39)26(43-31)27(35)41-18-23-12-8-5-9-13-23;1-4-8(2)7-9(3)5-6-10(11)12/h4-13,20,24-26,34,40H,1,14-18H2,2-3H3,(H,36,37)(H,38,39);5-6,8-9H,4,7H2,1-3H3,(H,11,12)/b;6-5+/t20?,24-,25?,26?,30?,31?,32?;8-,9?/m10/s1. The van der Waals surface area contributed by atoms with Gasteiger partial charge in [-0.25, -0.2) is 19.2 Å². The second kappa shape index (κ2) is 19.8. The molecular formula is C42H54O14. The molecule has 0 radical (unpaired) electrons. The van der Waals surface area contributed by atoms with Crippen LogP contribution in [-0.2, 0) is 55.9 Å². The molecule has 2 saturated heterocycles. The fraction of sp³-hybridized carbons (Fsp3) is 0.500. The Labute approximate surface area is 326 Å². The van der Waals surface area contributed by atoms with Crippen LogP contribution in [0.3, 0.4) is 0 Å². The first-order valence-electron chi connectivity index (χ1n) is 18.6. The van der Waals surface area contributed by atoms with Gasteiger partial charge < -0.3 is 44.5 Å². The summed E-state index contributed by atoms with van der Waals surface area (Å²) < 4.78 is 22.3. The van der Waals surface area contributed by atoms with Gasteiger partial charge in [0, 0.05) is 31.8 Å². The summed E-state index contributed by atoms with van der Waals surface area (Å²) in [6.07, 6.45) is -0.500. The highest BCUT2D eigenvalue weighted by atomic mass is 16.8. The quantitative estimate of drug-likeness (QED) is 0.0755. The van der Waals surface area contributed by atoms with Crippen LogP contribution in [0.25, 0.3) is 0 Å². The predicted octanol–water partition coefficient (Wildman–Crippen LogP) is 5.09. The lowest BCUT2D eigenvalue weighted by molar-refractivity contribution is -0.373. The van der Waals surface area contributed by atoms with Crippen molar-refractivity contribution in [3.8, 4) is 0 Å². The van der Waals surface area contributed by atoms with Gasteiger partial charge in [-0.15, -0.1) is 0 Å². The Balaban J connectivity index is 0.000000604. The van der Waals surface area contributed by atoms with Crippen LogP contribution in [0.2, 0.25) is 0 Å². The number of allylic oxidation sites excluding steroid dienone is 1. The maximum Gasteiger partial charge on any atom is 0.342 e. The summed E-state index contributed by atoms with van der Waals surface area (Å²) in [7, 11) is 0. The molecule has 0 aliphatic carbocycles. The van der Waals surface area contributed by atoms with Crippen LogP contribution >= 0.6 is 0 Å². The van der Waals surface area contributed by atoms with E-state index in [9.17, 15) is 44.4 Å². The van der Waals surface area contributed by atoms with Gasteiger partial charge in [-0.3, -0.25) is 4.79 Å². The van der Waals surface area contributed by atoms with Crippen LogP contribution in [0.15, 0.2) is 85.0 Å². The highest BCUT2D eigenvalue weighted by molar-refractivity contribution is 5.97. The number of hydrogen-bond acceptors (Lipinski definition) is 11. The zero-order chi connectivity index (χ0) is 41.8. The number of esters is 2. The van der Waals surface area contributed by atoms with E-state index in [1.807, 2.05) is 44.2 Å². The lowest BCUT2D eigenvalue weighted by Crippen LogP contribution is -2.75. The van der Waals surface area contributed by atoms with Gasteiger partial charge in [0.1, 0.15) is 18.8 Å². The van der Waals surface area contributed by atoms with Crippen LogP contribution in [0.1, 0.15) is 77.8 Å². The lowest BCUT2D eigenvalue weighted by atomic mass is 9.76. The van der Waals surface area contributed by atoms with Crippen molar-refractivity contribution in [1.82, 2.24) is 0 Å². The smallest absolute Gasteiger partial charge is 0.342 e. The fourth-order valence-corrected chi connectivity index (χ4v) is 7.02. The van der Waals surface area contributed by atoms with Gasteiger partial charge in [-0.1, -0.05) is 107 Å². The van der Waals surface area contributed by atoms with Crippen molar-refractivity contribution in [3.05, 3.63) is 96.1 Å². The van der Waals surface area contributed by atoms with Crippen molar-refractivity contribution in [1.29, 1.82) is 0 Å². The molecule has 9 atom stereocenters. The third-order valence-electron chi connectivity index (χ3n) is 10.2. The Kier molecular flexibility index (Phi) is 16.1. The first-order chi connectivity index (χ1) is 26.3. The molecule has 0 saturated carbocycles. The maximum atomic E-state index is 13.3. The van der Waals surface area contributed by atoms with E-state index in [2.05, 4.69) is 20.4 Å². The molecule has 2 aliphatic rings. The monoisotopic (exact) mass is 782 g/mol. The fourth-order valence-electron chi connectivity index (χ4n) is 7.02. The molecule has 4 rings (SSSR count). The molecule has 2 aliphatic heterocycles. The summed E-state index contributed by atoms with van der Waals surface area (Å²) in [5.74, 6) is -8.25. The van der Waals surface area contributed by atoms with Crippen molar-refractivity contribution in [2.24, 2.45) is 17.8 Å². The largest absolute Gasteiger partial charge is 0.479 e. The average Bonchev–Trinajstić information content (AvgIpc) is 3.42. The van der Waals surface area contributed by atoms with E-state index in [-0.39, 0.29) is 25.4 Å². The number of carboxylic acid groups (broad SMARTS) is 3. The maximum absolute atomic E-state index is 13.3. The zero-order valence-electron chi connectivity index (χ0n) is 32.5. The normalized spacial score (nSPS) is 26.1. The van der Waals surface area contributed by atoms with E-state index >= 15 is 0 Å². The molecule has 306 valence electrons. The van der Waals surface area contributed by atoms with Gasteiger partial charge in [0.05, 0.1) is 0 Å². The summed E-state index contributed by atoms with van der Waals surface area (Å²) >= 11 is 0. The van der Waals surface area contributed by atoms with E-state index in [0.717, 1.165) is 18.4 Å². The van der Waals surface area contributed by atoms with Gasteiger partial charge in [0.2, 0.25) is 17.3 Å². The lowest BCUT2D eigenvalue weighted by Gasteiger charge is -2.49. The minimum absolute atomic E-state index is 0.0544. The summed E-state index contributed by atoms with van der Waals surface area (Å²) in [6, 6.07) is 17.9. The number of aliphatic carboxylic acids is 3. The van der Waals surface area contributed by atoms with E-state index in [1.54, 1.807) is 36.4 Å². The first-order valence-corrected chi connectivity index (χ1v) is 18.6. The molecule has 7 unspecified atom stereocenters. The number of fused-ring (bicyclic) bond motifs is 2. The molecule has 14 nitrogen and oxygen atoms in total. The summed E-state index contributed by atoms with van der Waals surface area (Å²) in [6.45, 7) is 13.2. The van der Waals surface area contributed by atoms with Crippen molar-refractivity contribution < 1.29 is 68.5 Å². The number of carboxylic acids is 3. The van der Waals surface area contributed by atoms with Crippen molar-refractivity contribution in [2.75, 3.05) is 0 Å². The van der Waals surface area contributed by atoms with Crippen LogP contribution in [0, 0.1) is 17.8 Å². The van der Waals surface area contributed by atoms with Crippen molar-refractivity contribution in [3.63, 3.8) is 0 Å². The minimum Gasteiger partial charge on any atom is -0.479 e. The van der Waals surface area contributed by atoms with Gasteiger partial charge in [0.15, 0.2) is 5.79 Å². The Morgan fingerprint density at radius 2 is 1.54 bits per heavy atom. The molecule has 5 N–H and O–H groups in total. The number of ether oxygens (including phenoxy) is 4. The number of carbonyl (C=O) groups is 5. The number of carbonyl (C=O) groups excluding carboxylic acids is 2. The second-order valence-electron chi connectivity index (χ2n) is 14.7. The molecule has 2 heterocycles. The van der Waals surface area contributed by atoms with Crippen LogP contribution < -0.4 is 0 Å². The third kappa shape index (κ3) is 10.9. The van der Waals surface area contributed by atoms with Gasteiger partial charge in [-0.05, 0) is 47.8 Å².